The van der Waals surface area contributed by atoms with Gasteiger partial charge in [0.15, 0.2) is 0 Å². The summed E-state index contributed by atoms with van der Waals surface area (Å²) in [5, 5.41) is 11.2. The number of pyridine rings is 2. The number of halogens is 1. The van der Waals surface area contributed by atoms with Crippen LogP contribution in [-0.4, -0.2) is 56.8 Å². The van der Waals surface area contributed by atoms with E-state index in [1.165, 1.54) is 12.1 Å². The Morgan fingerprint density at radius 2 is 1.97 bits per heavy atom. The normalized spacial score (nSPS) is 16.3. The molecule has 2 N–H and O–H groups in total. The van der Waals surface area contributed by atoms with Crippen LogP contribution in [0.3, 0.4) is 0 Å². The minimum absolute atomic E-state index is 0.0128. The number of anilines is 2. The van der Waals surface area contributed by atoms with Crippen molar-refractivity contribution in [1.29, 1.82) is 0 Å². The molecule has 1 fully saturated rings. The first-order chi connectivity index (χ1) is 16.0. The highest BCUT2D eigenvalue weighted by Gasteiger charge is 2.28. The van der Waals surface area contributed by atoms with Crippen LogP contribution in [0.1, 0.15) is 12.6 Å². The maximum Gasteiger partial charge on any atom is 0.323 e. The van der Waals surface area contributed by atoms with Crippen molar-refractivity contribution >= 4 is 28.4 Å². The Hall–Kier alpha value is -4.01. The number of aromatic nitrogens is 4. The number of amides is 2. The number of nitrogens with zero attached hydrogens (tertiary/aromatic N) is 5. The van der Waals surface area contributed by atoms with E-state index in [0.29, 0.717) is 25.5 Å². The number of aromatic amines is 1. The van der Waals surface area contributed by atoms with E-state index in [1.54, 1.807) is 35.5 Å². The Kier molecular flexibility index (Phi) is 5.37. The molecule has 1 atom stereocenters. The number of carbonyl (C=O) groups excluding carboxylic acids is 1. The summed E-state index contributed by atoms with van der Waals surface area (Å²) in [5.41, 5.74) is 4.41. The fourth-order valence-corrected chi connectivity index (χ4v) is 4.22. The third kappa shape index (κ3) is 4.21. The van der Waals surface area contributed by atoms with Gasteiger partial charge in [-0.1, -0.05) is 0 Å². The summed E-state index contributed by atoms with van der Waals surface area (Å²) in [6.07, 6.45) is 3.47. The summed E-state index contributed by atoms with van der Waals surface area (Å²) in [7, 11) is 0. The van der Waals surface area contributed by atoms with Crippen molar-refractivity contribution in [3.8, 4) is 11.3 Å². The maximum absolute atomic E-state index is 13.2. The maximum atomic E-state index is 13.2. The standard InChI is InChI=1S/C24H24FN7O/c1-15-11-17(7-8-26-15)23-20-13-27-22(12-21(20)29-30-23)28-24(33)32-10-9-31(14-16(32)2)19-5-3-18(25)4-6-19/h3-8,11-13,16H,9-10,14H2,1-2H3,(H,29,30)(H,27,28,33)/t16-/m1/s1. The van der Waals surface area contributed by atoms with Gasteiger partial charge in [-0.05, 0) is 50.2 Å². The molecule has 2 amide bonds. The molecule has 1 saturated heterocycles. The summed E-state index contributed by atoms with van der Waals surface area (Å²) in [5.74, 6) is 0.205. The van der Waals surface area contributed by atoms with Gasteiger partial charge in [-0.25, -0.2) is 14.2 Å². The van der Waals surface area contributed by atoms with Gasteiger partial charge in [0.1, 0.15) is 17.3 Å². The largest absolute Gasteiger partial charge is 0.368 e. The lowest BCUT2D eigenvalue weighted by atomic mass is 10.1. The molecule has 33 heavy (non-hydrogen) atoms. The van der Waals surface area contributed by atoms with Gasteiger partial charge in [0.25, 0.3) is 0 Å². The van der Waals surface area contributed by atoms with Gasteiger partial charge in [-0.15, -0.1) is 0 Å². The second kappa shape index (κ2) is 8.50. The fourth-order valence-electron chi connectivity index (χ4n) is 4.22. The van der Waals surface area contributed by atoms with Crippen LogP contribution >= 0.6 is 0 Å². The zero-order chi connectivity index (χ0) is 22.9. The van der Waals surface area contributed by atoms with Crippen molar-refractivity contribution in [3.63, 3.8) is 0 Å². The minimum atomic E-state index is -0.255. The molecule has 4 aromatic rings. The number of urea groups is 1. The number of aryl methyl sites for hydroxylation is 1. The van der Waals surface area contributed by atoms with E-state index in [1.807, 2.05) is 26.0 Å². The lowest BCUT2D eigenvalue weighted by molar-refractivity contribution is 0.185. The van der Waals surface area contributed by atoms with Crippen molar-refractivity contribution in [2.45, 2.75) is 19.9 Å². The number of hydrogen-bond donors (Lipinski definition) is 2. The van der Waals surface area contributed by atoms with Crippen LogP contribution in [0.2, 0.25) is 0 Å². The summed E-state index contributed by atoms with van der Waals surface area (Å²) >= 11 is 0. The van der Waals surface area contributed by atoms with Gasteiger partial charge in [0, 0.05) is 66.5 Å². The monoisotopic (exact) mass is 445 g/mol. The summed E-state index contributed by atoms with van der Waals surface area (Å²) in [4.78, 5) is 25.6. The molecule has 0 spiro atoms. The molecular weight excluding hydrogens is 421 g/mol. The SMILES string of the molecule is Cc1cc(-c2n[nH]c3cc(NC(=O)N4CCN(c5ccc(F)cc5)C[C@H]4C)ncc23)ccn1. The molecule has 0 aliphatic carbocycles. The van der Waals surface area contributed by atoms with E-state index in [4.69, 9.17) is 0 Å². The van der Waals surface area contributed by atoms with Crippen LogP contribution in [0, 0.1) is 12.7 Å². The highest BCUT2D eigenvalue weighted by molar-refractivity contribution is 5.95. The van der Waals surface area contributed by atoms with E-state index >= 15 is 0 Å². The molecule has 3 aromatic heterocycles. The van der Waals surface area contributed by atoms with Crippen LogP contribution in [0.5, 0.6) is 0 Å². The molecule has 8 nitrogen and oxygen atoms in total. The Morgan fingerprint density at radius 1 is 1.15 bits per heavy atom. The molecule has 0 radical (unpaired) electrons. The van der Waals surface area contributed by atoms with Crippen LogP contribution in [0.15, 0.2) is 54.9 Å². The van der Waals surface area contributed by atoms with Crippen LogP contribution in [0.25, 0.3) is 22.2 Å². The molecule has 9 heteroatoms. The van der Waals surface area contributed by atoms with E-state index in [9.17, 15) is 9.18 Å². The average molecular weight is 446 g/mol. The minimum Gasteiger partial charge on any atom is -0.368 e. The predicted molar refractivity (Wildman–Crippen MR) is 126 cm³/mol. The number of nitrogens with one attached hydrogen (secondary N) is 2. The third-order valence-corrected chi connectivity index (χ3v) is 5.93. The van der Waals surface area contributed by atoms with Crippen molar-refractivity contribution in [2.24, 2.45) is 0 Å². The van der Waals surface area contributed by atoms with Gasteiger partial charge in [-0.2, -0.15) is 5.10 Å². The first kappa shape index (κ1) is 20.9. The molecule has 1 aromatic carbocycles. The first-order valence-electron chi connectivity index (χ1n) is 10.8. The van der Waals surface area contributed by atoms with Crippen LogP contribution in [-0.2, 0) is 0 Å². The number of carbonyl (C=O) groups is 1. The third-order valence-electron chi connectivity index (χ3n) is 5.93. The van der Waals surface area contributed by atoms with E-state index in [-0.39, 0.29) is 17.9 Å². The van der Waals surface area contributed by atoms with Crippen molar-refractivity contribution in [3.05, 3.63) is 66.4 Å². The zero-order valence-corrected chi connectivity index (χ0v) is 18.4. The van der Waals surface area contributed by atoms with Gasteiger partial charge in [0.2, 0.25) is 0 Å². The van der Waals surface area contributed by atoms with Gasteiger partial charge >= 0.3 is 6.03 Å². The number of benzene rings is 1. The summed E-state index contributed by atoms with van der Waals surface area (Å²) < 4.78 is 13.2. The van der Waals surface area contributed by atoms with Gasteiger partial charge < -0.3 is 9.80 Å². The van der Waals surface area contributed by atoms with Crippen molar-refractivity contribution in [2.75, 3.05) is 29.9 Å². The molecule has 1 aliphatic heterocycles. The quantitative estimate of drug-likeness (QED) is 0.493. The lowest BCUT2D eigenvalue weighted by Crippen LogP contribution is -2.55. The summed E-state index contributed by atoms with van der Waals surface area (Å²) in [6.45, 7) is 5.84. The highest BCUT2D eigenvalue weighted by atomic mass is 19.1. The molecule has 0 unspecified atom stereocenters. The highest BCUT2D eigenvalue weighted by Crippen LogP contribution is 2.27. The van der Waals surface area contributed by atoms with Crippen LogP contribution < -0.4 is 10.2 Å². The average Bonchev–Trinajstić information content (AvgIpc) is 3.23. The smallest absolute Gasteiger partial charge is 0.323 e. The molecular formula is C24H24FN7O. The number of hydrogen-bond acceptors (Lipinski definition) is 5. The first-order valence-corrected chi connectivity index (χ1v) is 10.8. The van der Waals surface area contributed by atoms with Gasteiger partial charge in [-0.3, -0.25) is 15.4 Å². The second-order valence-electron chi connectivity index (χ2n) is 8.27. The second-order valence-corrected chi connectivity index (χ2v) is 8.27. The van der Waals surface area contributed by atoms with E-state index in [2.05, 4.69) is 30.4 Å². The lowest BCUT2D eigenvalue weighted by Gasteiger charge is -2.40. The van der Waals surface area contributed by atoms with Gasteiger partial charge in [0.05, 0.1) is 5.52 Å². The fraction of sp³-hybridized carbons (Fsp3) is 0.250. The molecule has 1 aliphatic rings. The van der Waals surface area contributed by atoms with Crippen molar-refractivity contribution in [1.82, 2.24) is 25.1 Å². The Morgan fingerprint density at radius 3 is 2.73 bits per heavy atom. The molecule has 4 heterocycles. The number of fused-ring (bicyclic) bond motifs is 1. The number of H-pyrrole nitrogens is 1. The van der Waals surface area contributed by atoms with Crippen molar-refractivity contribution < 1.29 is 9.18 Å². The summed E-state index contributed by atoms with van der Waals surface area (Å²) in [6, 6.07) is 11.9. The van der Waals surface area contributed by atoms with Crippen LogP contribution in [0.4, 0.5) is 20.7 Å². The Balaban J connectivity index is 1.28. The Bertz CT molecular complexity index is 1300. The molecule has 168 valence electrons. The van der Waals surface area contributed by atoms with E-state index in [0.717, 1.165) is 33.5 Å². The predicted octanol–water partition coefficient (Wildman–Crippen LogP) is 4.21. The topological polar surface area (TPSA) is 90.0 Å². The molecule has 5 rings (SSSR count). The molecule has 0 saturated carbocycles. The number of rotatable bonds is 3. The Labute approximate surface area is 190 Å². The molecule has 0 bridgehead atoms. The number of piperazine rings is 1. The zero-order valence-electron chi connectivity index (χ0n) is 18.4. The van der Waals surface area contributed by atoms with E-state index < -0.39 is 0 Å².